The van der Waals surface area contributed by atoms with E-state index in [-0.39, 0.29) is 24.8 Å². The van der Waals surface area contributed by atoms with Gasteiger partial charge in [-0.05, 0) is 25.0 Å². The summed E-state index contributed by atoms with van der Waals surface area (Å²) in [5, 5.41) is 3.38. The van der Waals surface area contributed by atoms with Crippen molar-refractivity contribution >= 4 is 24.8 Å². The molecule has 1 N–H and O–H groups in total. The van der Waals surface area contributed by atoms with Crippen molar-refractivity contribution in [1.82, 2.24) is 10.2 Å². The molecule has 1 aliphatic heterocycles. The first-order chi connectivity index (χ1) is 7.92. The summed E-state index contributed by atoms with van der Waals surface area (Å²) in [6.07, 6.45) is 5.88. The number of nitrogens with one attached hydrogen (secondary N) is 1. The minimum atomic E-state index is 0. The Morgan fingerprint density at radius 1 is 1.39 bits per heavy atom. The third-order valence-corrected chi connectivity index (χ3v) is 3.11. The zero-order valence-electron chi connectivity index (χ0n) is 10.5. The average molecular weight is 293 g/mol. The van der Waals surface area contributed by atoms with Crippen LogP contribution in [0.5, 0.6) is 0 Å². The fourth-order valence-electron chi connectivity index (χ4n) is 2.26. The predicted molar refractivity (Wildman–Crippen MR) is 79.8 cm³/mol. The number of furan rings is 1. The Labute approximate surface area is 121 Å². The highest BCUT2D eigenvalue weighted by atomic mass is 35.5. The molecule has 1 saturated heterocycles. The minimum absolute atomic E-state index is 0. The molecule has 1 aromatic rings. The predicted octanol–water partition coefficient (Wildman–Crippen LogP) is 3.04. The van der Waals surface area contributed by atoms with Crippen LogP contribution < -0.4 is 5.32 Å². The average Bonchev–Trinajstić information content (AvgIpc) is 2.85. The maximum Gasteiger partial charge on any atom is 0.120 e. The van der Waals surface area contributed by atoms with Gasteiger partial charge in [0.15, 0.2) is 0 Å². The third-order valence-electron chi connectivity index (χ3n) is 3.11. The third kappa shape index (κ3) is 4.65. The monoisotopic (exact) mass is 292 g/mol. The van der Waals surface area contributed by atoms with Gasteiger partial charge in [-0.15, -0.1) is 31.4 Å². The summed E-state index contributed by atoms with van der Waals surface area (Å²) >= 11 is 0. The number of hydrogen-bond donors (Lipinski definition) is 1. The molecule has 0 unspecified atom stereocenters. The number of piperazine rings is 1. The first-order valence-electron chi connectivity index (χ1n) is 6.01. The molecule has 5 heteroatoms. The number of rotatable bonds is 5. The van der Waals surface area contributed by atoms with E-state index in [0.717, 1.165) is 44.8 Å². The van der Waals surface area contributed by atoms with E-state index in [9.17, 15) is 0 Å². The van der Waals surface area contributed by atoms with Crippen LogP contribution in [0.1, 0.15) is 24.6 Å². The van der Waals surface area contributed by atoms with Crippen LogP contribution in [0.3, 0.4) is 0 Å². The van der Waals surface area contributed by atoms with Crippen molar-refractivity contribution in [3.05, 3.63) is 36.8 Å². The lowest BCUT2D eigenvalue weighted by Gasteiger charge is -2.33. The van der Waals surface area contributed by atoms with Gasteiger partial charge in [0, 0.05) is 26.2 Å². The van der Waals surface area contributed by atoms with Crippen molar-refractivity contribution in [2.75, 3.05) is 26.2 Å². The number of nitrogens with zero attached hydrogens (tertiary/aromatic N) is 1. The highest BCUT2D eigenvalue weighted by Gasteiger charge is 2.23. The van der Waals surface area contributed by atoms with Crippen LogP contribution in [-0.4, -0.2) is 31.1 Å². The lowest BCUT2D eigenvalue weighted by Crippen LogP contribution is -2.45. The Morgan fingerprint density at radius 2 is 2.11 bits per heavy atom. The van der Waals surface area contributed by atoms with Gasteiger partial charge in [-0.3, -0.25) is 4.90 Å². The first kappa shape index (κ1) is 17.5. The van der Waals surface area contributed by atoms with Crippen LogP contribution in [0.25, 0.3) is 0 Å². The maximum atomic E-state index is 5.55. The zero-order valence-corrected chi connectivity index (χ0v) is 12.1. The Hall–Kier alpha value is -0.480. The number of halogens is 2. The normalized spacial score (nSPS) is 17.3. The molecule has 3 nitrogen and oxygen atoms in total. The Morgan fingerprint density at radius 3 is 2.67 bits per heavy atom. The highest BCUT2D eigenvalue weighted by molar-refractivity contribution is 5.85. The van der Waals surface area contributed by atoms with Crippen molar-refractivity contribution in [2.24, 2.45) is 0 Å². The van der Waals surface area contributed by atoms with Gasteiger partial charge in [-0.25, -0.2) is 0 Å². The van der Waals surface area contributed by atoms with Gasteiger partial charge < -0.3 is 9.73 Å². The van der Waals surface area contributed by atoms with Crippen molar-refractivity contribution < 1.29 is 4.42 Å². The fourth-order valence-corrected chi connectivity index (χ4v) is 2.26. The molecule has 2 heterocycles. The molecular weight excluding hydrogens is 271 g/mol. The number of hydrogen-bond acceptors (Lipinski definition) is 3. The molecule has 0 spiro atoms. The SMILES string of the molecule is C=CCC[C@@H](c1ccco1)N1CCNCC1.Cl.Cl. The van der Waals surface area contributed by atoms with Crippen molar-refractivity contribution in [2.45, 2.75) is 18.9 Å². The molecule has 1 aliphatic rings. The molecule has 104 valence electrons. The van der Waals surface area contributed by atoms with Crippen molar-refractivity contribution in [1.29, 1.82) is 0 Å². The van der Waals surface area contributed by atoms with Crippen molar-refractivity contribution in [3.8, 4) is 0 Å². The van der Waals surface area contributed by atoms with E-state index in [2.05, 4.69) is 22.9 Å². The lowest BCUT2D eigenvalue weighted by molar-refractivity contribution is 0.147. The van der Waals surface area contributed by atoms with E-state index < -0.39 is 0 Å². The standard InChI is InChI=1S/C13H20N2O.2ClH/c1-2-3-5-12(13-6-4-11-16-13)15-9-7-14-8-10-15;;/h2,4,6,11-12,14H,1,3,5,7-10H2;2*1H/t12-;;/m0../s1. The second-order valence-electron chi connectivity index (χ2n) is 4.18. The Bertz CT molecular complexity index is 311. The molecule has 1 fully saturated rings. The Balaban J connectivity index is 0.00000144. The summed E-state index contributed by atoms with van der Waals surface area (Å²) < 4.78 is 5.55. The van der Waals surface area contributed by atoms with E-state index in [1.807, 2.05) is 12.1 Å². The lowest BCUT2D eigenvalue weighted by atomic mass is 10.1. The molecule has 0 amide bonds. The molecule has 0 bridgehead atoms. The van der Waals surface area contributed by atoms with Gasteiger partial charge in [0.1, 0.15) is 5.76 Å². The summed E-state index contributed by atoms with van der Waals surface area (Å²) in [5.74, 6) is 1.09. The molecule has 0 saturated carbocycles. The topological polar surface area (TPSA) is 28.4 Å². The molecule has 18 heavy (non-hydrogen) atoms. The van der Waals surface area contributed by atoms with Gasteiger partial charge >= 0.3 is 0 Å². The van der Waals surface area contributed by atoms with Gasteiger partial charge in [0.2, 0.25) is 0 Å². The molecule has 1 atom stereocenters. The van der Waals surface area contributed by atoms with Crippen LogP contribution in [0.2, 0.25) is 0 Å². The maximum absolute atomic E-state index is 5.55. The summed E-state index contributed by atoms with van der Waals surface area (Å²) in [6.45, 7) is 8.15. The second kappa shape index (κ2) is 9.45. The van der Waals surface area contributed by atoms with Crippen LogP contribution in [-0.2, 0) is 0 Å². The van der Waals surface area contributed by atoms with Gasteiger partial charge in [0.25, 0.3) is 0 Å². The van der Waals surface area contributed by atoms with Gasteiger partial charge in [-0.2, -0.15) is 0 Å². The summed E-state index contributed by atoms with van der Waals surface area (Å²) in [5.41, 5.74) is 0. The summed E-state index contributed by atoms with van der Waals surface area (Å²) in [4.78, 5) is 2.50. The van der Waals surface area contributed by atoms with Crippen LogP contribution in [0.15, 0.2) is 35.5 Å². The molecule has 0 radical (unpaired) electrons. The molecular formula is C13H22Cl2N2O. The van der Waals surface area contributed by atoms with Gasteiger partial charge in [0.05, 0.1) is 12.3 Å². The van der Waals surface area contributed by atoms with E-state index in [0.29, 0.717) is 6.04 Å². The fraction of sp³-hybridized carbons (Fsp3) is 0.538. The summed E-state index contributed by atoms with van der Waals surface area (Å²) in [6, 6.07) is 4.46. The zero-order chi connectivity index (χ0) is 11.2. The minimum Gasteiger partial charge on any atom is -0.468 e. The van der Waals surface area contributed by atoms with E-state index in [4.69, 9.17) is 4.42 Å². The van der Waals surface area contributed by atoms with Crippen LogP contribution >= 0.6 is 24.8 Å². The highest BCUT2D eigenvalue weighted by Crippen LogP contribution is 2.26. The quantitative estimate of drug-likeness (QED) is 0.846. The van der Waals surface area contributed by atoms with E-state index in [1.54, 1.807) is 6.26 Å². The first-order valence-corrected chi connectivity index (χ1v) is 6.01. The molecule has 1 aromatic heterocycles. The van der Waals surface area contributed by atoms with E-state index in [1.165, 1.54) is 0 Å². The molecule has 2 rings (SSSR count). The smallest absolute Gasteiger partial charge is 0.120 e. The number of allylic oxidation sites excluding steroid dienone is 1. The van der Waals surface area contributed by atoms with Crippen molar-refractivity contribution in [3.63, 3.8) is 0 Å². The van der Waals surface area contributed by atoms with E-state index >= 15 is 0 Å². The second-order valence-corrected chi connectivity index (χ2v) is 4.18. The van der Waals surface area contributed by atoms with Crippen LogP contribution in [0.4, 0.5) is 0 Å². The summed E-state index contributed by atoms with van der Waals surface area (Å²) in [7, 11) is 0. The molecule has 0 aliphatic carbocycles. The Kier molecular flexibility index (Phi) is 9.20. The van der Waals surface area contributed by atoms with Gasteiger partial charge in [-0.1, -0.05) is 6.08 Å². The van der Waals surface area contributed by atoms with Crippen LogP contribution in [0, 0.1) is 0 Å². The molecule has 0 aromatic carbocycles. The largest absolute Gasteiger partial charge is 0.468 e.